The molecule has 0 saturated carbocycles. The molecule has 2 atom stereocenters. The van der Waals surface area contributed by atoms with Gasteiger partial charge in [-0.2, -0.15) is 0 Å². The first-order chi connectivity index (χ1) is 6.19. The van der Waals surface area contributed by atoms with Gasteiger partial charge in [-0.05, 0) is 30.8 Å². The molecule has 0 aromatic heterocycles. The third kappa shape index (κ3) is 2.41. The van der Waals surface area contributed by atoms with Gasteiger partial charge in [0.1, 0.15) is 0 Å². The van der Waals surface area contributed by atoms with Gasteiger partial charge in [0.15, 0.2) is 5.78 Å². The molecule has 1 N–H and O–H groups in total. The number of allylic oxidation sites excluding steroid dienone is 2. The van der Waals surface area contributed by atoms with E-state index in [1.807, 2.05) is 13.0 Å². The Morgan fingerprint density at radius 2 is 2.38 bits per heavy atom. The average Bonchev–Trinajstić information content (AvgIpc) is 2.13. The molecule has 0 aromatic rings. The van der Waals surface area contributed by atoms with Gasteiger partial charge in [0.05, 0.1) is 0 Å². The molecule has 2 heteroatoms. The summed E-state index contributed by atoms with van der Waals surface area (Å²) < 4.78 is 0. The Morgan fingerprint density at radius 3 is 2.85 bits per heavy atom. The molecule has 1 aliphatic rings. The molecule has 74 valence electrons. The van der Waals surface area contributed by atoms with Crippen molar-refractivity contribution in [3.8, 4) is 0 Å². The van der Waals surface area contributed by atoms with Gasteiger partial charge in [0, 0.05) is 13.0 Å². The van der Waals surface area contributed by atoms with E-state index >= 15 is 0 Å². The number of hydrogen-bond donors (Lipinski definition) is 1. The van der Waals surface area contributed by atoms with Crippen LogP contribution in [0.1, 0.15) is 33.1 Å². The van der Waals surface area contributed by atoms with Crippen molar-refractivity contribution in [2.24, 2.45) is 11.8 Å². The molecular weight excluding hydrogens is 164 g/mol. The lowest BCUT2D eigenvalue weighted by Crippen LogP contribution is -2.24. The van der Waals surface area contributed by atoms with Crippen LogP contribution < -0.4 is 0 Å². The summed E-state index contributed by atoms with van der Waals surface area (Å²) in [5, 5.41) is 9.10. The van der Waals surface area contributed by atoms with Crippen LogP contribution in [0, 0.1) is 11.8 Å². The first kappa shape index (κ1) is 10.5. The number of ketones is 1. The van der Waals surface area contributed by atoms with Crippen LogP contribution in [-0.2, 0) is 4.79 Å². The summed E-state index contributed by atoms with van der Waals surface area (Å²) in [6.07, 6.45) is 4.55. The Labute approximate surface area is 79.6 Å². The van der Waals surface area contributed by atoms with Gasteiger partial charge in [-0.25, -0.2) is 0 Å². The number of Topliss-reactive ketones (excluding diaryl/α,β-unsaturated/α-hetero) is 1. The molecule has 0 radical (unpaired) electrons. The van der Waals surface area contributed by atoms with Gasteiger partial charge in [-0.15, -0.1) is 0 Å². The van der Waals surface area contributed by atoms with Crippen molar-refractivity contribution in [3.05, 3.63) is 11.6 Å². The van der Waals surface area contributed by atoms with Gasteiger partial charge >= 0.3 is 0 Å². The lowest BCUT2D eigenvalue weighted by atomic mass is 9.79. The third-order valence-electron chi connectivity index (χ3n) is 3.04. The lowest BCUT2D eigenvalue weighted by molar-refractivity contribution is -0.117. The zero-order chi connectivity index (χ0) is 9.84. The Kier molecular flexibility index (Phi) is 3.67. The minimum atomic E-state index is 0.210. The summed E-state index contributed by atoms with van der Waals surface area (Å²) in [5.41, 5.74) is 0.893. The predicted octanol–water partition coefficient (Wildman–Crippen LogP) is 1.93. The lowest BCUT2D eigenvalue weighted by Gasteiger charge is -2.26. The first-order valence-corrected chi connectivity index (χ1v) is 4.99. The summed E-state index contributed by atoms with van der Waals surface area (Å²) in [5.74, 6) is 0.919. The number of aliphatic hydroxyl groups is 1. The minimum absolute atomic E-state index is 0.210. The maximum Gasteiger partial charge on any atom is 0.158 e. The van der Waals surface area contributed by atoms with Crippen molar-refractivity contribution >= 4 is 5.78 Å². The van der Waals surface area contributed by atoms with E-state index in [0.29, 0.717) is 18.3 Å². The summed E-state index contributed by atoms with van der Waals surface area (Å²) >= 11 is 0. The highest BCUT2D eigenvalue weighted by Crippen LogP contribution is 2.28. The number of hydrogen-bond acceptors (Lipinski definition) is 2. The fourth-order valence-electron chi connectivity index (χ4n) is 1.90. The van der Waals surface area contributed by atoms with Gasteiger partial charge in [-0.1, -0.05) is 19.4 Å². The zero-order valence-corrected chi connectivity index (χ0v) is 8.42. The standard InChI is InChI=1S/C11H18O2/c1-3-9(7-12)10-5-4-8(2)11(13)6-10/h4,9-10,12H,3,5-7H2,1-2H3/t9?,10-/m1/s1. The largest absolute Gasteiger partial charge is 0.396 e. The molecule has 0 heterocycles. The molecule has 0 bridgehead atoms. The maximum atomic E-state index is 11.4. The van der Waals surface area contributed by atoms with Crippen LogP contribution >= 0.6 is 0 Å². The van der Waals surface area contributed by atoms with Crippen molar-refractivity contribution in [3.63, 3.8) is 0 Å². The van der Waals surface area contributed by atoms with E-state index in [2.05, 4.69) is 6.92 Å². The monoisotopic (exact) mass is 182 g/mol. The van der Waals surface area contributed by atoms with Gasteiger partial charge < -0.3 is 5.11 Å². The highest BCUT2D eigenvalue weighted by molar-refractivity contribution is 5.95. The van der Waals surface area contributed by atoms with Crippen LogP contribution in [0.5, 0.6) is 0 Å². The second-order valence-corrected chi connectivity index (χ2v) is 3.86. The van der Waals surface area contributed by atoms with E-state index in [1.165, 1.54) is 0 Å². The van der Waals surface area contributed by atoms with Crippen molar-refractivity contribution in [2.45, 2.75) is 33.1 Å². The van der Waals surface area contributed by atoms with Crippen LogP contribution in [0.3, 0.4) is 0 Å². The van der Waals surface area contributed by atoms with Crippen LogP contribution in [0.25, 0.3) is 0 Å². The summed E-state index contributed by atoms with van der Waals surface area (Å²) in [6, 6.07) is 0. The molecule has 0 saturated heterocycles. The molecule has 1 aliphatic carbocycles. The second kappa shape index (κ2) is 4.56. The van der Waals surface area contributed by atoms with E-state index < -0.39 is 0 Å². The highest BCUT2D eigenvalue weighted by Gasteiger charge is 2.25. The SMILES string of the molecule is CCC(CO)[C@@H]1CC=C(C)C(=O)C1. The first-order valence-electron chi connectivity index (χ1n) is 4.99. The number of carbonyl (C=O) groups excluding carboxylic acids is 1. The molecule has 0 aliphatic heterocycles. The molecule has 0 fully saturated rings. The van der Waals surface area contributed by atoms with Crippen molar-refractivity contribution < 1.29 is 9.90 Å². The van der Waals surface area contributed by atoms with Crippen molar-refractivity contribution in [1.29, 1.82) is 0 Å². The van der Waals surface area contributed by atoms with Gasteiger partial charge in [-0.3, -0.25) is 4.79 Å². The van der Waals surface area contributed by atoms with E-state index in [0.717, 1.165) is 18.4 Å². The molecular formula is C11H18O2. The van der Waals surface area contributed by atoms with E-state index in [1.54, 1.807) is 0 Å². The molecule has 2 nitrogen and oxygen atoms in total. The van der Waals surface area contributed by atoms with Crippen molar-refractivity contribution in [2.75, 3.05) is 6.61 Å². The number of aliphatic hydroxyl groups excluding tert-OH is 1. The number of rotatable bonds is 3. The Balaban J connectivity index is 2.60. The van der Waals surface area contributed by atoms with E-state index in [-0.39, 0.29) is 12.4 Å². The van der Waals surface area contributed by atoms with Crippen LogP contribution in [0.2, 0.25) is 0 Å². The Hall–Kier alpha value is -0.630. The zero-order valence-electron chi connectivity index (χ0n) is 8.42. The van der Waals surface area contributed by atoms with Gasteiger partial charge in [0.2, 0.25) is 0 Å². The van der Waals surface area contributed by atoms with Gasteiger partial charge in [0.25, 0.3) is 0 Å². The molecule has 1 rings (SSSR count). The molecule has 0 spiro atoms. The van der Waals surface area contributed by atoms with E-state index in [4.69, 9.17) is 5.11 Å². The Morgan fingerprint density at radius 1 is 1.69 bits per heavy atom. The van der Waals surface area contributed by atoms with Crippen molar-refractivity contribution in [1.82, 2.24) is 0 Å². The summed E-state index contributed by atoms with van der Waals surface area (Å²) in [6.45, 7) is 4.15. The van der Waals surface area contributed by atoms with E-state index in [9.17, 15) is 4.79 Å². The fourth-order valence-corrected chi connectivity index (χ4v) is 1.90. The smallest absolute Gasteiger partial charge is 0.158 e. The molecule has 13 heavy (non-hydrogen) atoms. The molecule has 0 aromatic carbocycles. The predicted molar refractivity (Wildman–Crippen MR) is 52.4 cm³/mol. The molecule has 0 amide bonds. The Bertz CT molecular complexity index is 214. The van der Waals surface area contributed by atoms with Crippen LogP contribution in [-0.4, -0.2) is 17.5 Å². The number of carbonyl (C=O) groups is 1. The minimum Gasteiger partial charge on any atom is -0.396 e. The normalized spacial score (nSPS) is 25.6. The quantitative estimate of drug-likeness (QED) is 0.724. The average molecular weight is 182 g/mol. The second-order valence-electron chi connectivity index (χ2n) is 3.86. The fraction of sp³-hybridized carbons (Fsp3) is 0.727. The third-order valence-corrected chi connectivity index (χ3v) is 3.04. The highest BCUT2D eigenvalue weighted by atomic mass is 16.3. The van der Waals surface area contributed by atoms with Crippen LogP contribution in [0.15, 0.2) is 11.6 Å². The summed E-state index contributed by atoms with van der Waals surface area (Å²) in [7, 11) is 0. The maximum absolute atomic E-state index is 11.4. The summed E-state index contributed by atoms with van der Waals surface area (Å²) in [4.78, 5) is 11.4. The van der Waals surface area contributed by atoms with Crippen LogP contribution in [0.4, 0.5) is 0 Å². The molecule has 1 unspecified atom stereocenters. The topological polar surface area (TPSA) is 37.3 Å².